The molecule has 0 saturated carbocycles. The summed E-state index contributed by atoms with van der Waals surface area (Å²) in [6.07, 6.45) is 3.64. The Balaban J connectivity index is 1.17. The van der Waals surface area contributed by atoms with Crippen molar-refractivity contribution in [3.8, 4) is 5.75 Å². The van der Waals surface area contributed by atoms with Crippen molar-refractivity contribution < 1.29 is 19.1 Å². The van der Waals surface area contributed by atoms with Crippen molar-refractivity contribution in [1.29, 1.82) is 0 Å². The summed E-state index contributed by atoms with van der Waals surface area (Å²) in [6, 6.07) is 20.7. The van der Waals surface area contributed by atoms with Gasteiger partial charge in [-0.2, -0.15) is 0 Å². The van der Waals surface area contributed by atoms with Gasteiger partial charge in [0.05, 0.1) is 17.2 Å². The molecule has 38 heavy (non-hydrogen) atoms. The van der Waals surface area contributed by atoms with E-state index in [9.17, 15) is 9.59 Å². The third-order valence-corrected chi connectivity index (χ3v) is 8.88. The number of rotatable bonds is 8. The predicted molar refractivity (Wildman–Crippen MR) is 151 cm³/mol. The summed E-state index contributed by atoms with van der Waals surface area (Å²) < 4.78 is 11.3. The number of amides is 1. The van der Waals surface area contributed by atoms with E-state index in [2.05, 4.69) is 4.90 Å². The molecule has 3 atom stereocenters. The molecule has 0 N–H and O–H groups in total. The first kappa shape index (κ1) is 26.9. The van der Waals surface area contributed by atoms with Gasteiger partial charge in [0.1, 0.15) is 11.9 Å². The quantitative estimate of drug-likeness (QED) is 0.205. The second kappa shape index (κ2) is 12.0. The van der Waals surface area contributed by atoms with Crippen LogP contribution in [0.3, 0.4) is 0 Å². The number of piperidine rings is 1. The fourth-order valence-electron chi connectivity index (χ4n) is 5.27. The third-order valence-electron chi connectivity index (χ3n) is 7.08. The Bertz CT molecular complexity index is 1280. The Hall–Kier alpha value is -2.67. The number of fused-ring (bicyclic) bond motifs is 2. The van der Waals surface area contributed by atoms with Crippen LogP contribution in [-0.4, -0.2) is 41.6 Å². The normalized spacial score (nSPS) is 20.3. The van der Waals surface area contributed by atoms with Gasteiger partial charge in [-0.15, -0.1) is 11.8 Å². The standard InChI is InChI=1S/C30H29Cl2NO4S/c1-2-36-30(35)21-7-12-25(13-8-21)37-26-16-23-10-11-24(17-26)33(23)29(34)20-5-3-19(4-6-20)18-38-28-15-22(31)9-14-27(28)32/h3-9,12-15,23-24,26H,2,10-11,16-18H2,1H3/t23-,24+,26?. The Labute approximate surface area is 237 Å². The highest BCUT2D eigenvalue weighted by molar-refractivity contribution is 7.98. The van der Waals surface area contributed by atoms with Crippen molar-refractivity contribution in [2.75, 3.05) is 6.61 Å². The lowest BCUT2D eigenvalue weighted by molar-refractivity contribution is 0.0359. The number of carbonyl (C=O) groups is 2. The van der Waals surface area contributed by atoms with E-state index in [1.54, 1.807) is 43.0 Å². The van der Waals surface area contributed by atoms with E-state index in [-0.39, 0.29) is 30.1 Å². The maximum Gasteiger partial charge on any atom is 0.338 e. The van der Waals surface area contributed by atoms with Crippen LogP contribution in [0.2, 0.25) is 10.0 Å². The van der Waals surface area contributed by atoms with Crippen molar-refractivity contribution in [3.63, 3.8) is 0 Å². The van der Waals surface area contributed by atoms with Crippen LogP contribution in [0, 0.1) is 0 Å². The van der Waals surface area contributed by atoms with Gasteiger partial charge in [-0.25, -0.2) is 4.79 Å². The lowest BCUT2D eigenvalue weighted by Gasteiger charge is -2.39. The molecule has 8 heteroatoms. The van der Waals surface area contributed by atoms with Crippen LogP contribution in [0.4, 0.5) is 0 Å². The van der Waals surface area contributed by atoms with Crippen molar-refractivity contribution >= 4 is 46.8 Å². The second-order valence-corrected chi connectivity index (χ2v) is 11.5. The maximum absolute atomic E-state index is 13.5. The fourth-order valence-corrected chi connectivity index (χ4v) is 6.72. The summed E-state index contributed by atoms with van der Waals surface area (Å²) >= 11 is 14.0. The minimum Gasteiger partial charge on any atom is -0.490 e. The molecular weight excluding hydrogens is 541 g/mol. The van der Waals surface area contributed by atoms with Crippen LogP contribution >= 0.6 is 35.0 Å². The van der Waals surface area contributed by atoms with E-state index in [1.165, 1.54) is 0 Å². The number of nitrogens with zero attached hydrogens (tertiary/aromatic N) is 1. The van der Waals surface area contributed by atoms with Crippen molar-refractivity contribution in [2.45, 2.75) is 61.4 Å². The average molecular weight is 571 g/mol. The molecule has 0 aromatic heterocycles. The van der Waals surface area contributed by atoms with E-state index >= 15 is 0 Å². The van der Waals surface area contributed by atoms with Crippen LogP contribution in [0.15, 0.2) is 71.6 Å². The Morgan fingerprint density at radius 1 is 0.921 bits per heavy atom. The van der Waals surface area contributed by atoms with Gasteiger partial charge in [0.15, 0.2) is 0 Å². The Morgan fingerprint density at radius 2 is 1.58 bits per heavy atom. The first-order valence-electron chi connectivity index (χ1n) is 12.8. The molecule has 3 aromatic rings. The molecule has 3 aromatic carbocycles. The Morgan fingerprint density at radius 3 is 2.24 bits per heavy atom. The van der Waals surface area contributed by atoms with Crippen molar-refractivity contribution in [2.24, 2.45) is 0 Å². The van der Waals surface area contributed by atoms with E-state index in [0.29, 0.717) is 27.8 Å². The second-order valence-electron chi connectivity index (χ2n) is 9.61. The van der Waals surface area contributed by atoms with Gasteiger partial charge in [-0.3, -0.25) is 4.79 Å². The molecule has 2 bridgehead atoms. The number of hydrogen-bond donors (Lipinski definition) is 0. The lowest BCUT2D eigenvalue weighted by Crippen LogP contribution is -2.49. The molecule has 2 saturated heterocycles. The van der Waals surface area contributed by atoms with Crippen molar-refractivity contribution in [1.82, 2.24) is 4.90 Å². The number of thioether (sulfide) groups is 1. The summed E-state index contributed by atoms with van der Waals surface area (Å²) in [6.45, 7) is 2.13. The minimum absolute atomic E-state index is 0.0442. The molecule has 2 fully saturated rings. The first-order chi connectivity index (χ1) is 18.4. The van der Waals surface area contributed by atoms with Gasteiger partial charge in [-0.05, 0) is 79.9 Å². The molecule has 0 aliphatic carbocycles. The number of halogens is 2. The largest absolute Gasteiger partial charge is 0.490 e. The summed E-state index contributed by atoms with van der Waals surface area (Å²) in [5.74, 6) is 1.23. The van der Waals surface area contributed by atoms with E-state index in [4.69, 9.17) is 32.7 Å². The SMILES string of the molecule is CCOC(=O)c1ccc(OC2C[C@H]3CC[C@@H](C2)N3C(=O)c2ccc(CSc3cc(Cl)ccc3Cl)cc2)cc1. The highest BCUT2D eigenvalue weighted by Gasteiger charge is 2.44. The number of ether oxygens (including phenoxy) is 2. The molecule has 1 unspecified atom stereocenters. The summed E-state index contributed by atoms with van der Waals surface area (Å²) in [7, 11) is 0. The predicted octanol–water partition coefficient (Wildman–Crippen LogP) is 7.68. The molecule has 1 amide bonds. The van der Waals surface area contributed by atoms with Crippen LogP contribution in [0.5, 0.6) is 5.75 Å². The zero-order valence-corrected chi connectivity index (χ0v) is 23.4. The molecular formula is C30H29Cl2NO4S. The summed E-state index contributed by atoms with van der Waals surface area (Å²) in [4.78, 5) is 28.3. The van der Waals surface area contributed by atoms with Gasteiger partial charge in [0.25, 0.3) is 5.91 Å². The van der Waals surface area contributed by atoms with E-state index in [1.807, 2.05) is 42.5 Å². The van der Waals surface area contributed by atoms with Crippen LogP contribution in [-0.2, 0) is 10.5 Å². The molecule has 198 valence electrons. The Kier molecular flexibility index (Phi) is 8.51. The van der Waals surface area contributed by atoms with Gasteiger partial charge in [0, 0.05) is 46.2 Å². The molecule has 2 heterocycles. The van der Waals surface area contributed by atoms with Gasteiger partial charge < -0.3 is 14.4 Å². The number of hydrogen-bond acceptors (Lipinski definition) is 5. The molecule has 2 aliphatic rings. The third kappa shape index (κ3) is 6.14. The minimum atomic E-state index is -0.332. The van der Waals surface area contributed by atoms with E-state index in [0.717, 1.165) is 47.6 Å². The topological polar surface area (TPSA) is 55.8 Å². The molecule has 5 nitrogen and oxygen atoms in total. The molecule has 2 aliphatic heterocycles. The van der Waals surface area contributed by atoms with Crippen LogP contribution in [0.25, 0.3) is 0 Å². The number of carbonyl (C=O) groups excluding carboxylic acids is 2. The number of benzene rings is 3. The lowest BCUT2D eigenvalue weighted by atomic mass is 9.98. The zero-order valence-electron chi connectivity index (χ0n) is 21.1. The highest BCUT2D eigenvalue weighted by atomic mass is 35.5. The van der Waals surface area contributed by atoms with Crippen molar-refractivity contribution in [3.05, 3.63) is 93.5 Å². The number of esters is 1. The highest BCUT2D eigenvalue weighted by Crippen LogP contribution is 2.38. The zero-order chi connectivity index (χ0) is 26.6. The summed E-state index contributed by atoms with van der Waals surface area (Å²) in [5.41, 5.74) is 2.34. The summed E-state index contributed by atoms with van der Waals surface area (Å²) in [5, 5.41) is 1.34. The maximum atomic E-state index is 13.5. The average Bonchev–Trinajstić information content (AvgIpc) is 3.19. The smallest absolute Gasteiger partial charge is 0.338 e. The fraction of sp³-hybridized carbons (Fsp3) is 0.333. The van der Waals surface area contributed by atoms with Crippen LogP contribution in [0.1, 0.15) is 58.9 Å². The molecule has 0 spiro atoms. The first-order valence-corrected chi connectivity index (χ1v) is 14.6. The van der Waals surface area contributed by atoms with Gasteiger partial charge >= 0.3 is 5.97 Å². The van der Waals surface area contributed by atoms with Gasteiger partial charge in [0.2, 0.25) is 0 Å². The van der Waals surface area contributed by atoms with Crippen LogP contribution < -0.4 is 4.74 Å². The van der Waals surface area contributed by atoms with Gasteiger partial charge in [-0.1, -0.05) is 35.3 Å². The molecule has 5 rings (SSSR count). The van der Waals surface area contributed by atoms with E-state index < -0.39 is 0 Å². The monoisotopic (exact) mass is 569 g/mol. The molecule has 0 radical (unpaired) electrons.